The van der Waals surface area contributed by atoms with Gasteiger partial charge in [-0.15, -0.1) is 10.2 Å². The summed E-state index contributed by atoms with van der Waals surface area (Å²) >= 11 is 1.17. The smallest absolute Gasteiger partial charge is 0.451 e. The maximum absolute atomic E-state index is 13.0. The van der Waals surface area contributed by atoms with Crippen molar-refractivity contribution in [1.82, 2.24) is 24.5 Å². The molecule has 0 bridgehead atoms. The van der Waals surface area contributed by atoms with Crippen LogP contribution >= 0.6 is 11.8 Å². The molecule has 4 aromatic rings. The van der Waals surface area contributed by atoms with E-state index in [0.717, 1.165) is 32.8 Å². The number of nitrogens with zero attached hydrogens (tertiary/aromatic N) is 5. The molecular formula is C21H18F3N5OS. The molecule has 2 aromatic heterocycles. The third-order valence-corrected chi connectivity index (χ3v) is 5.69. The maximum Gasteiger partial charge on any atom is 0.451 e. The number of benzene rings is 2. The SMILES string of the molecule is COc1ccc(-c2nn(-c3ccccc3)cc2CSc2nnc(C(F)(F)F)n2C)cc1. The molecule has 0 saturated carbocycles. The normalized spacial score (nSPS) is 11.6. The first-order valence-corrected chi connectivity index (χ1v) is 10.2. The van der Waals surface area contributed by atoms with Crippen LogP contribution in [0, 0.1) is 0 Å². The summed E-state index contributed by atoms with van der Waals surface area (Å²) in [5.41, 5.74) is 3.35. The van der Waals surface area contributed by atoms with Gasteiger partial charge >= 0.3 is 6.18 Å². The molecular weight excluding hydrogens is 427 g/mol. The fourth-order valence-corrected chi connectivity index (χ4v) is 3.92. The van der Waals surface area contributed by atoms with Crippen LogP contribution in [0.15, 0.2) is 66.0 Å². The summed E-state index contributed by atoms with van der Waals surface area (Å²) in [6, 6.07) is 17.1. The predicted molar refractivity (Wildman–Crippen MR) is 111 cm³/mol. The second kappa shape index (κ2) is 8.46. The minimum absolute atomic E-state index is 0.181. The number of aromatic nitrogens is 5. The van der Waals surface area contributed by atoms with Crippen molar-refractivity contribution in [3.8, 4) is 22.7 Å². The highest BCUT2D eigenvalue weighted by molar-refractivity contribution is 7.98. The minimum Gasteiger partial charge on any atom is -0.497 e. The molecule has 10 heteroatoms. The van der Waals surface area contributed by atoms with Gasteiger partial charge in [-0.2, -0.15) is 18.3 Å². The van der Waals surface area contributed by atoms with E-state index in [1.54, 1.807) is 11.8 Å². The summed E-state index contributed by atoms with van der Waals surface area (Å²) in [6.45, 7) is 0. The third-order valence-electron chi connectivity index (χ3n) is 4.62. The van der Waals surface area contributed by atoms with Crippen LogP contribution in [0.4, 0.5) is 13.2 Å². The van der Waals surface area contributed by atoms with E-state index in [9.17, 15) is 13.2 Å². The number of thioether (sulfide) groups is 1. The van der Waals surface area contributed by atoms with E-state index >= 15 is 0 Å². The molecule has 2 aromatic carbocycles. The van der Waals surface area contributed by atoms with Crippen LogP contribution in [0.2, 0.25) is 0 Å². The van der Waals surface area contributed by atoms with Crippen LogP contribution in [-0.4, -0.2) is 31.7 Å². The molecule has 0 saturated heterocycles. The van der Waals surface area contributed by atoms with Gasteiger partial charge in [-0.3, -0.25) is 0 Å². The molecule has 6 nitrogen and oxygen atoms in total. The van der Waals surface area contributed by atoms with Crippen LogP contribution in [0.3, 0.4) is 0 Å². The lowest BCUT2D eigenvalue weighted by molar-refractivity contribution is -0.147. The van der Waals surface area contributed by atoms with Crippen molar-refractivity contribution < 1.29 is 17.9 Å². The largest absolute Gasteiger partial charge is 0.497 e. The molecule has 0 N–H and O–H groups in total. The molecule has 4 rings (SSSR count). The lowest BCUT2D eigenvalue weighted by Gasteiger charge is -2.06. The van der Waals surface area contributed by atoms with E-state index in [0.29, 0.717) is 5.75 Å². The molecule has 31 heavy (non-hydrogen) atoms. The molecule has 0 atom stereocenters. The third kappa shape index (κ3) is 4.43. The van der Waals surface area contributed by atoms with E-state index in [4.69, 9.17) is 9.84 Å². The van der Waals surface area contributed by atoms with Crippen molar-refractivity contribution in [2.75, 3.05) is 7.11 Å². The Morgan fingerprint density at radius 2 is 1.71 bits per heavy atom. The molecule has 0 amide bonds. The van der Waals surface area contributed by atoms with Crippen molar-refractivity contribution in [3.63, 3.8) is 0 Å². The number of halogens is 3. The Hall–Kier alpha value is -3.27. The van der Waals surface area contributed by atoms with E-state index in [1.807, 2.05) is 60.8 Å². The monoisotopic (exact) mass is 445 g/mol. The van der Waals surface area contributed by atoms with Crippen molar-refractivity contribution in [2.45, 2.75) is 17.1 Å². The standard InChI is InChI=1S/C21H18F3N5OS/c1-28-19(21(22,23)24)25-26-20(28)31-13-15-12-29(16-6-4-3-5-7-16)27-18(15)14-8-10-17(30-2)11-9-14/h3-12H,13H2,1-2H3. The van der Waals surface area contributed by atoms with Gasteiger partial charge in [-0.05, 0) is 36.4 Å². The van der Waals surface area contributed by atoms with Crippen LogP contribution in [0.25, 0.3) is 16.9 Å². The fourth-order valence-electron chi connectivity index (χ4n) is 3.05. The number of methoxy groups -OCH3 is 1. The maximum atomic E-state index is 13.0. The quantitative estimate of drug-likeness (QED) is 0.392. The van der Waals surface area contributed by atoms with Crippen molar-refractivity contribution in [3.05, 3.63) is 72.2 Å². The lowest BCUT2D eigenvalue weighted by atomic mass is 10.1. The second-order valence-corrected chi connectivity index (χ2v) is 7.61. The van der Waals surface area contributed by atoms with Crippen LogP contribution in [0.1, 0.15) is 11.4 Å². The number of rotatable bonds is 6. The molecule has 0 aliphatic heterocycles. The second-order valence-electron chi connectivity index (χ2n) is 6.66. The van der Waals surface area contributed by atoms with E-state index in [-0.39, 0.29) is 5.16 Å². The van der Waals surface area contributed by atoms with Gasteiger partial charge < -0.3 is 9.30 Å². The zero-order valence-corrected chi connectivity index (χ0v) is 17.5. The lowest BCUT2D eigenvalue weighted by Crippen LogP contribution is -2.12. The van der Waals surface area contributed by atoms with Crippen LogP contribution in [0.5, 0.6) is 5.75 Å². The molecule has 0 fully saturated rings. The average Bonchev–Trinajstić information content (AvgIpc) is 3.36. The number of hydrogen-bond donors (Lipinski definition) is 0. The number of para-hydroxylation sites is 1. The van der Waals surface area contributed by atoms with Gasteiger partial charge in [-0.25, -0.2) is 4.68 Å². The van der Waals surface area contributed by atoms with Crippen LogP contribution < -0.4 is 4.74 Å². The van der Waals surface area contributed by atoms with E-state index in [1.165, 1.54) is 18.8 Å². The molecule has 0 unspecified atom stereocenters. The van der Waals surface area contributed by atoms with Gasteiger partial charge in [0.15, 0.2) is 5.16 Å². The first kappa shape index (κ1) is 21.0. The molecule has 0 aliphatic rings. The predicted octanol–water partition coefficient (Wildman–Crippen LogP) is 4.99. The highest BCUT2D eigenvalue weighted by atomic mass is 32.2. The number of alkyl halides is 3. The molecule has 0 aliphatic carbocycles. The van der Waals surface area contributed by atoms with Gasteiger partial charge in [0.2, 0.25) is 5.82 Å². The Labute approximate surface area is 180 Å². The summed E-state index contributed by atoms with van der Waals surface area (Å²) < 4.78 is 47.0. The Kier molecular flexibility index (Phi) is 5.73. The summed E-state index contributed by atoms with van der Waals surface area (Å²) in [5, 5.41) is 11.9. The minimum atomic E-state index is -4.55. The summed E-state index contributed by atoms with van der Waals surface area (Å²) in [5.74, 6) is 0.0733. The summed E-state index contributed by atoms with van der Waals surface area (Å²) in [6.07, 6.45) is -2.67. The zero-order chi connectivity index (χ0) is 22.0. The number of ether oxygens (including phenoxy) is 1. The van der Waals surface area contributed by atoms with Gasteiger partial charge in [0.25, 0.3) is 0 Å². The molecule has 0 radical (unpaired) electrons. The van der Waals surface area contributed by atoms with Crippen LogP contribution in [-0.2, 0) is 19.0 Å². The van der Waals surface area contributed by atoms with Crippen molar-refractivity contribution in [2.24, 2.45) is 7.05 Å². The Morgan fingerprint density at radius 1 is 1.00 bits per heavy atom. The van der Waals surface area contributed by atoms with E-state index < -0.39 is 12.0 Å². The van der Waals surface area contributed by atoms with E-state index in [2.05, 4.69) is 10.2 Å². The highest BCUT2D eigenvalue weighted by Gasteiger charge is 2.37. The molecule has 2 heterocycles. The Balaban J connectivity index is 1.67. The van der Waals surface area contributed by atoms with Gasteiger partial charge in [0.1, 0.15) is 5.75 Å². The first-order chi connectivity index (χ1) is 14.9. The average molecular weight is 445 g/mol. The molecule has 160 valence electrons. The molecule has 0 spiro atoms. The van der Waals surface area contributed by atoms with Crippen molar-refractivity contribution in [1.29, 1.82) is 0 Å². The van der Waals surface area contributed by atoms with Gasteiger partial charge in [-0.1, -0.05) is 30.0 Å². The first-order valence-electron chi connectivity index (χ1n) is 9.24. The van der Waals surface area contributed by atoms with Crippen molar-refractivity contribution >= 4 is 11.8 Å². The van der Waals surface area contributed by atoms with Gasteiger partial charge in [0, 0.05) is 30.1 Å². The summed E-state index contributed by atoms with van der Waals surface area (Å²) in [4.78, 5) is 0. The highest BCUT2D eigenvalue weighted by Crippen LogP contribution is 2.33. The number of hydrogen-bond acceptors (Lipinski definition) is 5. The zero-order valence-electron chi connectivity index (χ0n) is 16.7. The topological polar surface area (TPSA) is 57.8 Å². The Bertz CT molecular complexity index is 1170. The van der Waals surface area contributed by atoms with Gasteiger partial charge in [0.05, 0.1) is 18.5 Å². The summed E-state index contributed by atoms with van der Waals surface area (Å²) in [7, 11) is 2.90. The Morgan fingerprint density at radius 3 is 2.32 bits per heavy atom. The fraction of sp³-hybridized carbons (Fsp3) is 0.190.